The first kappa shape index (κ1) is 11.0. The van der Waals surface area contributed by atoms with Crippen molar-refractivity contribution >= 4 is 11.8 Å². The van der Waals surface area contributed by atoms with E-state index in [0.717, 1.165) is 5.69 Å². The van der Waals surface area contributed by atoms with Crippen molar-refractivity contribution in [1.29, 1.82) is 0 Å². The molecule has 1 atom stereocenters. The summed E-state index contributed by atoms with van der Waals surface area (Å²) in [5.74, 6) is 0. The van der Waals surface area contributed by atoms with Crippen molar-refractivity contribution in [3.8, 4) is 0 Å². The number of anilines is 1. The third-order valence-corrected chi connectivity index (χ3v) is 2.90. The van der Waals surface area contributed by atoms with Gasteiger partial charge < -0.3 is 10.1 Å². The van der Waals surface area contributed by atoms with Crippen LogP contribution >= 0.6 is 0 Å². The molecule has 86 valence electrons. The van der Waals surface area contributed by atoms with Gasteiger partial charge in [-0.25, -0.2) is 4.79 Å². The Balaban J connectivity index is 2.15. The number of amides is 1. The minimum Gasteiger partial charge on any atom is -0.447 e. The highest BCUT2D eigenvalue weighted by molar-refractivity contribution is 5.89. The van der Waals surface area contributed by atoms with Crippen LogP contribution in [0.4, 0.5) is 10.5 Å². The van der Waals surface area contributed by atoms with Crippen LogP contribution in [0.25, 0.3) is 0 Å². The Morgan fingerprint density at radius 3 is 2.56 bits per heavy atom. The Labute approximate surface area is 95.2 Å². The van der Waals surface area contributed by atoms with Crippen LogP contribution in [0.5, 0.6) is 0 Å². The number of benzene rings is 1. The zero-order valence-corrected chi connectivity index (χ0v) is 9.56. The Morgan fingerprint density at radius 1 is 1.38 bits per heavy atom. The van der Waals surface area contributed by atoms with Crippen molar-refractivity contribution in [2.24, 2.45) is 0 Å². The van der Waals surface area contributed by atoms with Crippen LogP contribution < -0.4 is 10.2 Å². The average Bonchev–Trinajstić information content (AvgIpc) is 2.75. The van der Waals surface area contributed by atoms with E-state index in [0.29, 0.717) is 19.2 Å². The molecule has 0 aliphatic carbocycles. The number of nitrogens with zero attached hydrogens (tertiary/aromatic N) is 1. The van der Waals surface area contributed by atoms with E-state index in [9.17, 15) is 4.79 Å². The number of rotatable bonds is 3. The molecule has 0 aromatic heterocycles. The van der Waals surface area contributed by atoms with Gasteiger partial charge in [-0.1, -0.05) is 12.1 Å². The highest BCUT2D eigenvalue weighted by atomic mass is 16.6. The maximum atomic E-state index is 11.3. The highest BCUT2D eigenvalue weighted by Gasteiger charge is 2.23. The molecule has 1 saturated heterocycles. The lowest BCUT2D eigenvalue weighted by Crippen LogP contribution is -2.23. The number of cyclic esters (lactones) is 1. The Bertz CT molecular complexity index is 375. The quantitative estimate of drug-likeness (QED) is 0.846. The molecular formula is C12H16N2O2. The summed E-state index contributed by atoms with van der Waals surface area (Å²) in [4.78, 5) is 13.0. The normalized spacial score (nSPS) is 17.4. The molecule has 0 bridgehead atoms. The zero-order valence-electron chi connectivity index (χ0n) is 9.56. The van der Waals surface area contributed by atoms with Crippen molar-refractivity contribution in [2.75, 3.05) is 25.1 Å². The molecule has 1 aliphatic rings. The topological polar surface area (TPSA) is 41.6 Å². The highest BCUT2D eigenvalue weighted by Crippen LogP contribution is 2.21. The second-order valence-corrected chi connectivity index (χ2v) is 3.87. The number of nitrogens with one attached hydrogen (secondary N) is 1. The van der Waals surface area contributed by atoms with Gasteiger partial charge in [-0.2, -0.15) is 0 Å². The third kappa shape index (κ3) is 2.02. The van der Waals surface area contributed by atoms with Crippen LogP contribution in [0, 0.1) is 0 Å². The van der Waals surface area contributed by atoms with Crippen molar-refractivity contribution < 1.29 is 9.53 Å². The van der Waals surface area contributed by atoms with E-state index in [1.165, 1.54) is 5.56 Å². The number of ether oxygens (including phenoxy) is 1. The number of carbonyl (C=O) groups excluding carboxylic acids is 1. The number of hydrogen-bond donors (Lipinski definition) is 1. The van der Waals surface area contributed by atoms with Gasteiger partial charge in [0.2, 0.25) is 0 Å². The van der Waals surface area contributed by atoms with Crippen LogP contribution in [-0.4, -0.2) is 26.3 Å². The molecular weight excluding hydrogens is 204 g/mol. The molecule has 4 heteroatoms. The smallest absolute Gasteiger partial charge is 0.414 e. The van der Waals surface area contributed by atoms with E-state index in [4.69, 9.17) is 4.74 Å². The van der Waals surface area contributed by atoms with Crippen molar-refractivity contribution in [3.63, 3.8) is 0 Å². The van der Waals surface area contributed by atoms with Gasteiger partial charge in [0.25, 0.3) is 0 Å². The largest absolute Gasteiger partial charge is 0.447 e. The average molecular weight is 220 g/mol. The van der Waals surface area contributed by atoms with Gasteiger partial charge in [-0.3, -0.25) is 4.90 Å². The lowest BCUT2D eigenvalue weighted by molar-refractivity contribution is 0.181. The molecule has 0 saturated carbocycles. The minimum absolute atomic E-state index is 0.255. The molecule has 1 aromatic rings. The fourth-order valence-electron chi connectivity index (χ4n) is 1.74. The fourth-order valence-corrected chi connectivity index (χ4v) is 1.74. The number of carbonyl (C=O) groups is 1. The van der Waals surface area contributed by atoms with Gasteiger partial charge in [0.15, 0.2) is 0 Å². The van der Waals surface area contributed by atoms with Crippen molar-refractivity contribution in [1.82, 2.24) is 5.32 Å². The van der Waals surface area contributed by atoms with Crippen LogP contribution in [0.2, 0.25) is 0 Å². The summed E-state index contributed by atoms with van der Waals surface area (Å²) < 4.78 is 4.89. The molecule has 1 aliphatic heterocycles. The Hall–Kier alpha value is -1.55. The predicted molar refractivity (Wildman–Crippen MR) is 62.6 cm³/mol. The minimum atomic E-state index is -0.255. The van der Waals surface area contributed by atoms with Gasteiger partial charge in [-0.05, 0) is 31.7 Å². The van der Waals surface area contributed by atoms with Crippen molar-refractivity contribution in [2.45, 2.75) is 13.0 Å². The maximum absolute atomic E-state index is 11.3. The first-order valence-electron chi connectivity index (χ1n) is 5.44. The molecule has 2 rings (SSSR count). The maximum Gasteiger partial charge on any atom is 0.414 e. The molecule has 1 fully saturated rings. The molecule has 1 heterocycles. The van der Waals surface area contributed by atoms with E-state index in [-0.39, 0.29) is 6.09 Å². The molecule has 1 N–H and O–H groups in total. The van der Waals surface area contributed by atoms with Gasteiger partial charge in [0, 0.05) is 11.7 Å². The second kappa shape index (κ2) is 4.53. The van der Waals surface area contributed by atoms with Crippen LogP contribution in [-0.2, 0) is 4.74 Å². The molecule has 1 unspecified atom stereocenters. The van der Waals surface area contributed by atoms with Crippen LogP contribution in [0.3, 0.4) is 0 Å². The molecule has 4 nitrogen and oxygen atoms in total. The lowest BCUT2D eigenvalue weighted by Gasteiger charge is -2.15. The first-order valence-corrected chi connectivity index (χ1v) is 5.44. The van der Waals surface area contributed by atoms with Crippen LogP contribution in [0.15, 0.2) is 24.3 Å². The van der Waals surface area contributed by atoms with Gasteiger partial charge in [0.05, 0.1) is 6.54 Å². The Morgan fingerprint density at radius 2 is 2.06 bits per heavy atom. The standard InChI is InChI=1S/C12H16N2O2/c1-9(13-2)10-3-5-11(6-4-10)14-7-8-16-12(14)15/h3-6,9,13H,7-8H2,1-2H3. The summed E-state index contributed by atoms with van der Waals surface area (Å²) in [5, 5.41) is 3.17. The summed E-state index contributed by atoms with van der Waals surface area (Å²) in [7, 11) is 1.93. The summed E-state index contributed by atoms with van der Waals surface area (Å²) in [6.07, 6.45) is -0.255. The van der Waals surface area contributed by atoms with Gasteiger partial charge >= 0.3 is 6.09 Å². The van der Waals surface area contributed by atoms with Gasteiger partial charge in [-0.15, -0.1) is 0 Å². The van der Waals surface area contributed by atoms with E-state index < -0.39 is 0 Å². The zero-order chi connectivity index (χ0) is 11.5. The van der Waals surface area contributed by atoms with Gasteiger partial charge in [0.1, 0.15) is 6.61 Å². The van der Waals surface area contributed by atoms with E-state index >= 15 is 0 Å². The number of hydrogen-bond acceptors (Lipinski definition) is 3. The molecule has 1 aromatic carbocycles. The molecule has 1 amide bonds. The molecule has 16 heavy (non-hydrogen) atoms. The Kier molecular flexibility index (Phi) is 3.10. The lowest BCUT2D eigenvalue weighted by atomic mass is 10.1. The summed E-state index contributed by atoms with van der Waals surface area (Å²) in [5.41, 5.74) is 2.10. The van der Waals surface area contributed by atoms with Crippen molar-refractivity contribution in [3.05, 3.63) is 29.8 Å². The molecule has 0 spiro atoms. The summed E-state index contributed by atoms with van der Waals surface area (Å²) >= 11 is 0. The third-order valence-electron chi connectivity index (χ3n) is 2.90. The summed E-state index contributed by atoms with van der Waals surface area (Å²) in [6.45, 7) is 3.21. The fraction of sp³-hybridized carbons (Fsp3) is 0.417. The second-order valence-electron chi connectivity index (χ2n) is 3.87. The van der Waals surface area contributed by atoms with E-state index in [2.05, 4.69) is 12.2 Å². The SMILES string of the molecule is CNC(C)c1ccc(N2CCOC2=O)cc1. The predicted octanol–water partition coefficient (Wildman–Crippen LogP) is 1.92. The first-order chi connectivity index (χ1) is 7.72. The monoisotopic (exact) mass is 220 g/mol. The summed E-state index contributed by atoms with van der Waals surface area (Å²) in [6, 6.07) is 8.29. The van der Waals surface area contributed by atoms with E-state index in [1.807, 2.05) is 31.3 Å². The van der Waals surface area contributed by atoms with Crippen LogP contribution in [0.1, 0.15) is 18.5 Å². The molecule has 0 radical (unpaired) electrons. The van der Waals surface area contributed by atoms with E-state index in [1.54, 1.807) is 4.90 Å².